The van der Waals surface area contributed by atoms with Gasteiger partial charge in [0, 0.05) is 28.9 Å². The first-order valence-corrected chi connectivity index (χ1v) is 14.6. The number of ether oxygens (including phenoxy) is 1. The number of pyridine rings is 1. The highest BCUT2D eigenvalue weighted by Crippen LogP contribution is 2.42. The van der Waals surface area contributed by atoms with Crippen molar-refractivity contribution in [3.63, 3.8) is 0 Å². The van der Waals surface area contributed by atoms with E-state index in [1.54, 1.807) is 37.7 Å². The van der Waals surface area contributed by atoms with Gasteiger partial charge in [-0.3, -0.25) is 9.71 Å². The lowest BCUT2D eigenvalue weighted by Gasteiger charge is -2.32. The van der Waals surface area contributed by atoms with Crippen molar-refractivity contribution in [1.29, 1.82) is 0 Å². The van der Waals surface area contributed by atoms with Crippen molar-refractivity contribution in [3.8, 4) is 5.75 Å². The van der Waals surface area contributed by atoms with Gasteiger partial charge in [-0.05, 0) is 57.4 Å². The highest BCUT2D eigenvalue weighted by atomic mass is 32.2. The number of allylic oxidation sites excluding steroid dienone is 5. The zero-order valence-electron chi connectivity index (χ0n) is 23.5. The summed E-state index contributed by atoms with van der Waals surface area (Å²) in [7, 11) is -2.36. The molecule has 1 aromatic heterocycles. The molecule has 2 aromatic carbocycles. The zero-order chi connectivity index (χ0) is 28.5. The van der Waals surface area contributed by atoms with E-state index in [-0.39, 0.29) is 0 Å². The van der Waals surface area contributed by atoms with Gasteiger partial charge in [-0.15, -0.1) is 0 Å². The van der Waals surface area contributed by atoms with Crippen LogP contribution in [0.25, 0.3) is 16.5 Å². The van der Waals surface area contributed by atoms with Crippen LogP contribution in [0.5, 0.6) is 5.75 Å². The molecule has 1 aliphatic carbocycles. The van der Waals surface area contributed by atoms with Crippen molar-refractivity contribution in [2.24, 2.45) is 4.99 Å². The molecule has 1 unspecified atom stereocenters. The quantitative estimate of drug-likeness (QED) is 0.227. The number of anilines is 1. The van der Waals surface area contributed by atoms with Crippen LogP contribution in [0.2, 0.25) is 0 Å². The third-order valence-electron chi connectivity index (χ3n) is 6.63. The fourth-order valence-corrected chi connectivity index (χ4v) is 5.82. The number of methoxy groups -OCH3 is 1. The molecule has 0 saturated carbocycles. The molecule has 0 saturated heterocycles. The van der Waals surface area contributed by atoms with Gasteiger partial charge in [-0.1, -0.05) is 62.4 Å². The van der Waals surface area contributed by atoms with Crippen LogP contribution in [0, 0.1) is 0 Å². The van der Waals surface area contributed by atoms with E-state index in [1.165, 1.54) is 7.11 Å². The third kappa shape index (κ3) is 6.57. The summed E-state index contributed by atoms with van der Waals surface area (Å²) in [6, 6.07) is 14.8. The SMILES string of the molecule is C/C=C(/C)NC=Nc1ccc(NS(=O)(=O)C2(C)CCC=CC=C2c2cccc3cccnc23)cc1OC.CC. The average molecular weight is 547 g/mol. The van der Waals surface area contributed by atoms with Crippen molar-refractivity contribution in [3.05, 3.63) is 90.3 Å². The summed E-state index contributed by atoms with van der Waals surface area (Å²) in [4.78, 5) is 8.97. The molecular formula is C31H38N4O3S. The number of para-hydroxylation sites is 1. The Morgan fingerprint density at radius 2 is 1.92 bits per heavy atom. The molecule has 39 heavy (non-hydrogen) atoms. The predicted molar refractivity (Wildman–Crippen MR) is 164 cm³/mol. The maximum Gasteiger partial charge on any atom is 0.242 e. The topological polar surface area (TPSA) is 92.7 Å². The second-order valence-corrected chi connectivity index (χ2v) is 11.1. The van der Waals surface area contributed by atoms with E-state index in [0.717, 1.165) is 22.2 Å². The molecule has 4 rings (SSSR count). The second-order valence-electron chi connectivity index (χ2n) is 9.03. The Balaban J connectivity index is 0.00000205. The molecule has 0 fully saturated rings. The van der Waals surface area contributed by atoms with Gasteiger partial charge in [-0.25, -0.2) is 13.4 Å². The molecule has 1 aliphatic rings. The number of hydrogen-bond donors (Lipinski definition) is 2. The van der Waals surface area contributed by atoms with Gasteiger partial charge < -0.3 is 10.1 Å². The van der Waals surface area contributed by atoms with E-state index in [2.05, 4.69) is 20.0 Å². The molecule has 2 N–H and O–H groups in total. The Kier molecular flexibility index (Phi) is 10.1. The zero-order valence-corrected chi connectivity index (χ0v) is 24.3. The molecule has 206 valence electrons. The smallest absolute Gasteiger partial charge is 0.242 e. The van der Waals surface area contributed by atoms with Crippen molar-refractivity contribution in [1.82, 2.24) is 10.3 Å². The standard InChI is InChI=1S/C29H32N4O3S.C2H6/c1-5-21(2)31-20-32-26-16-15-23(19-27(26)36-4)33-37(34,35)29(3)17-8-6-7-14-25(29)24-13-9-11-22-12-10-18-30-28(22)24;1-2/h5-7,9-16,18-20,33H,8,17H2,1-4H3,(H,31,32);1-2H3/b21-5-;. The van der Waals surface area contributed by atoms with Crippen LogP contribution < -0.4 is 14.8 Å². The molecular weight excluding hydrogens is 508 g/mol. The molecule has 7 nitrogen and oxygen atoms in total. The third-order valence-corrected chi connectivity index (χ3v) is 8.75. The normalized spacial score (nSPS) is 17.7. The van der Waals surface area contributed by atoms with Crippen LogP contribution in [0.15, 0.2) is 89.7 Å². The fraction of sp³-hybridized carbons (Fsp3) is 0.290. The molecule has 8 heteroatoms. The van der Waals surface area contributed by atoms with Gasteiger partial charge in [0.05, 0.1) is 24.7 Å². The van der Waals surface area contributed by atoms with Crippen LogP contribution in [-0.4, -0.2) is 31.6 Å². The molecule has 1 atom stereocenters. The van der Waals surface area contributed by atoms with Crippen molar-refractivity contribution in [2.45, 2.75) is 52.2 Å². The van der Waals surface area contributed by atoms with Gasteiger partial charge in [0.1, 0.15) is 16.2 Å². The number of nitrogens with one attached hydrogen (secondary N) is 2. The number of nitrogens with zero attached hydrogens (tertiary/aromatic N) is 2. The Bertz CT molecular complexity index is 1520. The van der Waals surface area contributed by atoms with Crippen molar-refractivity contribution >= 4 is 44.2 Å². The molecule has 0 amide bonds. The Labute approximate surface area is 232 Å². The highest BCUT2D eigenvalue weighted by Gasteiger charge is 2.43. The number of benzene rings is 2. The summed E-state index contributed by atoms with van der Waals surface area (Å²) >= 11 is 0. The monoisotopic (exact) mass is 546 g/mol. The summed E-state index contributed by atoms with van der Waals surface area (Å²) in [5, 5.41) is 4.02. The number of aliphatic imine (C=N–C) groups is 1. The summed E-state index contributed by atoms with van der Waals surface area (Å²) in [6.07, 6.45) is 12.1. The van der Waals surface area contributed by atoms with Gasteiger partial charge in [0.2, 0.25) is 10.0 Å². The van der Waals surface area contributed by atoms with Crippen LogP contribution in [0.4, 0.5) is 11.4 Å². The van der Waals surface area contributed by atoms with Gasteiger partial charge in [-0.2, -0.15) is 0 Å². The lowest BCUT2D eigenvalue weighted by molar-refractivity contribution is 0.416. The summed E-state index contributed by atoms with van der Waals surface area (Å²) < 4.78 is 35.2. The van der Waals surface area contributed by atoms with Crippen molar-refractivity contribution in [2.75, 3.05) is 11.8 Å². The molecule has 3 aromatic rings. The number of aromatic nitrogens is 1. The second kappa shape index (κ2) is 13.2. The fourth-order valence-electron chi connectivity index (χ4n) is 4.31. The lowest BCUT2D eigenvalue weighted by Crippen LogP contribution is -2.40. The summed E-state index contributed by atoms with van der Waals surface area (Å²) in [6.45, 7) is 9.64. The maximum atomic E-state index is 14.0. The van der Waals surface area contributed by atoms with E-state index in [9.17, 15) is 8.42 Å². The van der Waals surface area contributed by atoms with Crippen LogP contribution in [0.3, 0.4) is 0 Å². The Morgan fingerprint density at radius 1 is 1.15 bits per heavy atom. The van der Waals surface area contributed by atoms with E-state index in [0.29, 0.717) is 35.5 Å². The van der Waals surface area contributed by atoms with E-state index in [4.69, 9.17) is 4.74 Å². The van der Waals surface area contributed by atoms with Gasteiger partial charge >= 0.3 is 0 Å². The van der Waals surface area contributed by atoms with Crippen LogP contribution in [0.1, 0.15) is 53.0 Å². The van der Waals surface area contributed by atoms with Crippen LogP contribution >= 0.6 is 0 Å². The van der Waals surface area contributed by atoms with Crippen molar-refractivity contribution < 1.29 is 13.2 Å². The minimum Gasteiger partial charge on any atom is -0.494 e. The predicted octanol–water partition coefficient (Wildman–Crippen LogP) is 7.38. The van der Waals surface area contributed by atoms with Gasteiger partial charge in [0.15, 0.2) is 0 Å². The Morgan fingerprint density at radius 3 is 2.67 bits per heavy atom. The molecule has 0 radical (unpaired) electrons. The summed E-state index contributed by atoms with van der Waals surface area (Å²) in [5.74, 6) is 0.457. The molecule has 0 spiro atoms. The maximum absolute atomic E-state index is 14.0. The lowest BCUT2D eigenvalue weighted by atomic mass is 9.89. The first-order chi connectivity index (χ1) is 18.8. The Hall–Kier alpha value is -3.91. The average Bonchev–Trinajstić information content (AvgIpc) is 3.16. The minimum absolute atomic E-state index is 0.405. The van der Waals surface area contributed by atoms with Crippen LogP contribution in [-0.2, 0) is 10.0 Å². The first-order valence-electron chi connectivity index (χ1n) is 13.1. The molecule has 0 aliphatic heterocycles. The minimum atomic E-state index is -3.89. The number of sulfonamides is 1. The van der Waals surface area contributed by atoms with E-state index >= 15 is 0 Å². The van der Waals surface area contributed by atoms with Gasteiger partial charge in [0.25, 0.3) is 0 Å². The summed E-state index contributed by atoms with van der Waals surface area (Å²) in [5.41, 5.74) is 4.24. The molecule has 1 heterocycles. The molecule has 0 bridgehead atoms. The number of fused-ring (bicyclic) bond motifs is 1. The highest BCUT2D eigenvalue weighted by molar-refractivity contribution is 7.94. The first kappa shape index (κ1) is 29.6. The largest absolute Gasteiger partial charge is 0.494 e. The van der Waals surface area contributed by atoms with E-state index in [1.807, 2.05) is 82.3 Å². The number of hydrogen-bond acceptors (Lipinski definition) is 5. The number of rotatable bonds is 8. The van der Waals surface area contributed by atoms with E-state index < -0.39 is 14.8 Å².